The SMILES string of the molecule is CCOC(=O)c1ccc(C=O)cc1C(Br)C(C)=O. The molecule has 1 atom stereocenters. The molecule has 0 fully saturated rings. The number of benzene rings is 1. The quantitative estimate of drug-likeness (QED) is 0.476. The molecule has 1 unspecified atom stereocenters. The van der Waals surface area contributed by atoms with Gasteiger partial charge >= 0.3 is 5.97 Å². The first kappa shape index (κ1) is 14.6. The van der Waals surface area contributed by atoms with Crippen LogP contribution in [-0.2, 0) is 9.53 Å². The number of alkyl halides is 1. The second-order valence-electron chi connectivity index (χ2n) is 3.66. The summed E-state index contributed by atoms with van der Waals surface area (Å²) in [5.74, 6) is -0.653. The highest BCUT2D eigenvalue weighted by Crippen LogP contribution is 2.28. The van der Waals surface area contributed by atoms with Crippen molar-refractivity contribution in [2.24, 2.45) is 0 Å². The Bertz CT molecular complexity index is 482. The fourth-order valence-electron chi connectivity index (χ4n) is 1.48. The van der Waals surface area contributed by atoms with Crippen LogP contribution in [0.5, 0.6) is 0 Å². The fraction of sp³-hybridized carbons (Fsp3) is 0.308. The Labute approximate surface area is 113 Å². The summed E-state index contributed by atoms with van der Waals surface area (Å²) in [6.45, 7) is 3.36. The van der Waals surface area contributed by atoms with Crippen molar-refractivity contribution in [1.82, 2.24) is 0 Å². The maximum Gasteiger partial charge on any atom is 0.338 e. The molecular formula is C13H13BrO4. The Morgan fingerprint density at radius 2 is 2.11 bits per heavy atom. The van der Waals surface area contributed by atoms with E-state index < -0.39 is 10.8 Å². The Morgan fingerprint density at radius 3 is 2.61 bits per heavy atom. The first-order valence-corrected chi connectivity index (χ1v) is 6.33. The van der Waals surface area contributed by atoms with Crippen molar-refractivity contribution >= 4 is 34.0 Å². The summed E-state index contributed by atoms with van der Waals surface area (Å²) in [5.41, 5.74) is 1.15. The Morgan fingerprint density at radius 1 is 1.44 bits per heavy atom. The first-order chi connectivity index (χ1) is 8.51. The van der Waals surface area contributed by atoms with Gasteiger partial charge in [-0.3, -0.25) is 9.59 Å². The van der Waals surface area contributed by atoms with E-state index in [1.165, 1.54) is 25.1 Å². The molecule has 1 aromatic carbocycles. The zero-order valence-electron chi connectivity index (χ0n) is 10.1. The maximum atomic E-state index is 11.7. The lowest BCUT2D eigenvalue weighted by Crippen LogP contribution is -2.12. The smallest absolute Gasteiger partial charge is 0.338 e. The lowest BCUT2D eigenvalue weighted by atomic mass is 10.00. The molecule has 1 aromatic rings. The van der Waals surface area contributed by atoms with Gasteiger partial charge < -0.3 is 4.74 Å². The third-order valence-corrected chi connectivity index (χ3v) is 3.48. The summed E-state index contributed by atoms with van der Waals surface area (Å²) < 4.78 is 4.91. The minimum absolute atomic E-state index is 0.149. The van der Waals surface area contributed by atoms with Gasteiger partial charge in [0.1, 0.15) is 12.1 Å². The molecule has 0 aliphatic heterocycles. The van der Waals surface area contributed by atoms with Gasteiger partial charge in [-0.1, -0.05) is 22.0 Å². The molecule has 0 aliphatic carbocycles. The monoisotopic (exact) mass is 312 g/mol. The van der Waals surface area contributed by atoms with Crippen molar-refractivity contribution in [3.63, 3.8) is 0 Å². The number of ketones is 1. The van der Waals surface area contributed by atoms with Crippen LogP contribution in [0.3, 0.4) is 0 Å². The van der Waals surface area contributed by atoms with Crippen molar-refractivity contribution in [3.05, 3.63) is 34.9 Å². The Balaban J connectivity index is 3.28. The van der Waals surface area contributed by atoms with Gasteiger partial charge in [0, 0.05) is 5.56 Å². The number of carbonyl (C=O) groups is 3. The summed E-state index contributed by atoms with van der Waals surface area (Å²) >= 11 is 3.21. The van der Waals surface area contributed by atoms with Crippen molar-refractivity contribution in [3.8, 4) is 0 Å². The number of hydrogen-bond donors (Lipinski definition) is 0. The number of rotatable bonds is 5. The molecule has 0 heterocycles. The van der Waals surface area contributed by atoms with E-state index in [2.05, 4.69) is 15.9 Å². The number of Topliss-reactive ketones (excluding diaryl/α,β-unsaturated/α-hetero) is 1. The second kappa shape index (κ2) is 6.44. The second-order valence-corrected chi connectivity index (χ2v) is 4.57. The van der Waals surface area contributed by atoms with Crippen LogP contribution < -0.4 is 0 Å². The number of hydrogen-bond acceptors (Lipinski definition) is 4. The van der Waals surface area contributed by atoms with E-state index >= 15 is 0 Å². The number of carbonyl (C=O) groups excluding carboxylic acids is 3. The number of esters is 1. The Hall–Kier alpha value is -1.49. The highest BCUT2D eigenvalue weighted by molar-refractivity contribution is 9.09. The van der Waals surface area contributed by atoms with Crippen LogP contribution in [0.25, 0.3) is 0 Å². The van der Waals surface area contributed by atoms with Gasteiger partial charge in [0.25, 0.3) is 0 Å². The van der Waals surface area contributed by atoms with Crippen molar-refractivity contribution < 1.29 is 19.1 Å². The molecule has 0 saturated carbocycles. The van der Waals surface area contributed by atoms with Crippen LogP contribution in [0.2, 0.25) is 0 Å². The Kier molecular flexibility index (Phi) is 5.22. The van der Waals surface area contributed by atoms with Crippen molar-refractivity contribution in [2.75, 3.05) is 6.61 Å². The first-order valence-electron chi connectivity index (χ1n) is 5.42. The molecule has 1 rings (SSSR count). The summed E-state index contributed by atoms with van der Waals surface area (Å²) in [4.78, 5) is 33.3. The molecule has 0 bridgehead atoms. The summed E-state index contributed by atoms with van der Waals surface area (Å²) in [6, 6.07) is 4.52. The van der Waals surface area contributed by atoms with Gasteiger partial charge in [-0.25, -0.2) is 4.79 Å². The predicted molar refractivity (Wildman–Crippen MR) is 70.1 cm³/mol. The van der Waals surface area contributed by atoms with Crippen LogP contribution >= 0.6 is 15.9 Å². The molecule has 96 valence electrons. The lowest BCUT2D eigenvalue weighted by Gasteiger charge is -2.12. The minimum Gasteiger partial charge on any atom is -0.462 e. The van der Waals surface area contributed by atoms with E-state index in [0.717, 1.165) is 0 Å². The summed E-state index contributed by atoms with van der Waals surface area (Å²) in [5, 5.41) is 0. The third kappa shape index (κ3) is 3.26. The predicted octanol–water partition coefficient (Wildman–Crippen LogP) is 2.70. The molecule has 5 heteroatoms. The van der Waals surface area contributed by atoms with E-state index in [0.29, 0.717) is 23.0 Å². The maximum absolute atomic E-state index is 11.7. The van der Waals surface area contributed by atoms with Gasteiger partial charge in [0.05, 0.1) is 17.0 Å². The van der Waals surface area contributed by atoms with E-state index in [4.69, 9.17) is 4.74 Å². The lowest BCUT2D eigenvalue weighted by molar-refractivity contribution is -0.116. The molecule has 0 radical (unpaired) electrons. The summed E-state index contributed by atoms with van der Waals surface area (Å²) in [6.07, 6.45) is 0.665. The third-order valence-electron chi connectivity index (χ3n) is 2.34. The average molecular weight is 313 g/mol. The molecule has 0 aromatic heterocycles. The topological polar surface area (TPSA) is 60.4 Å². The van der Waals surface area contributed by atoms with Gasteiger partial charge in [-0.2, -0.15) is 0 Å². The molecule has 0 spiro atoms. The minimum atomic E-state index is -0.628. The van der Waals surface area contributed by atoms with E-state index in [9.17, 15) is 14.4 Å². The van der Waals surface area contributed by atoms with Crippen LogP contribution in [0, 0.1) is 0 Å². The number of halogens is 1. The van der Waals surface area contributed by atoms with Gasteiger partial charge in [0.2, 0.25) is 0 Å². The van der Waals surface area contributed by atoms with Gasteiger partial charge in [-0.15, -0.1) is 0 Å². The molecular weight excluding hydrogens is 300 g/mol. The van der Waals surface area contributed by atoms with E-state index in [1.54, 1.807) is 6.92 Å². The summed E-state index contributed by atoms with van der Waals surface area (Å²) in [7, 11) is 0. The van der Waals surface area contributed by atoms with Gasteiger partial charge in [-0.05, 0) is 31.5 Å². The van der Waals surface area contributed by atoms with Crippen molar-refractivity contribution in [2.45, 2.75) is 18.7 Å². The largest absolute Gasteiger partial charge is 0.462 e. The molecule has 0 aliphatic rings. The molecule has 0 amide bonds. The van der Waals surface area contributed by atoms with Crippen LogP contribution in [0.15, 0.2) is 18.2 Å². The standard InChI is InChI=1S/C13H13BrO4/c1-3-18-13(17)10-5-4-9(7-15)6-11(10)12(14)8(2)16/h4-7,12H,3H2,1-2H3. The normalized spacial score (nSPS) is 11.7. The molecule has 4 nitrogen and oxygen atoms in total. The average Bonchev–Trinajstić information content (AvgIpc) is 2.37. The van der Waals surface area contributed by atoms with Crippen LogP contribution in [-0.4, -0.2) is 24.6 Å². The van der Waals surface area contributed by atoms with Crippen LogP contribution in [0.4, 0.5) is 0 Å². The number of ether oxygens (including phenoxy) is 1. The highest BCUT2D eigenvalue weighted by atomic mass is 79.9. The van der Waals surface area contributed by atoms with E-state index in [-0.39, 0.29) is 12.4 Å². The zero-order valence-corrected chi connectivity index (χ0v) is 11.7. The molecule has 18 heavy (non-hydrogen) atoms. The van der Waals surface area contributed by atoms with Crippen molar-refractivity contribution in [1.29, 1.82) is 0 Å². The molecule has 0 saturated heterocycles. The van der Waals surface area contributed by atoms with Crippen LogP contribution in [0.1, 0.15) is 45.0 Å². The zero-order chi connectivity index (χ0) is 13.7. The van der Waals surface area contributed by atoms with E-state index in [1.807, 2.05) is 0 Å². The van der Waals surface area contributed by atoms with Gasteiger partial charge in [0.15, 0.2) is 0 Å². The molecule has 0 N–H and O–H groups in total. The fourth-order valence-corrected chi connectivity index (χ4v) is 1.86. The highest BCUT2D eigenvalue weighted by Gasteiger charge is 2.21. The number of aldehydes is 1.